The molecule has 0 radical (unpaired) electrons. The van der Waals surface area contributed by atoms with Gasteiger partial charge in [-0.1, -0.05) is 0 Å². The van der Waals surface area contributed by atoms with Crippen molar-refractivity contribution in [2.75, 3.05) is 51.2 Å². The number of aryl methyl sites for hydroxylation is 1. The Bertz CT molecular complexity index is 974. The second-order valence-electron chi connectivity index (χ2n) is 9.06. The molecule has 2 saturated heterocycles. The summed E-state index contributed by atoms with van der Waals surface area (Å²) in [6.07, 6.45) is 2.42. The minimum atomic E-state index is -0.330. The van der Waals surface area contributed by atoms with Crippen LogP contribution in [0.5, 0.6) is 0 Å². The first kappa shape index (κ1) is 23.6. The normalized spacial score (nSPS) is 19.7. The fourth-order valence-electron chi connectivity index (χ4n) is 4.69. The van der Waals surface area contributed by atoms with Gasteiger partial charge in [-0.3, -0.25) is 19.4 Å². The zero-order chi connectivity index (χ0) is 23.4. The van der Waals surface area contributed by atoms with Crippen LogP contribution in [0.15, 0.2) is 30.3 Å². The van der Waals surface area contributed by atoms with Crippen molar-refractivity contribution in [3.05, 3.63) is 53.1 Å². The van der Waals surface area contributed by atoms with Gasteiger partial charge in [-0.15, -0.1) is 0 Å². The van der Waals surface area contributed by atoms with Crippen molar-refractivity contribution in [2.45, 2.75) is 39.3 Å². The third-order valence-corrected chi connectivity index (χ3v) is 6.61. The highest BCUT2D eigenvalue weighted by Gasteiger charge is 2.24. The fraction of sp³-hybridized carbons (Fsp3) is 0.520. The number of nitrogens with one attached hydrogen (secondary N) is 1. The van der Waals surface area contributed by atoms with Gasteiger partial charge in [0.15, 0.2) is 5.78 Å². The zero-order valence-electron chi connectivity index (χ0n) is 19.5. The Balaban J connectivity index is 1.24. The highest BCUT2D eigenvalue weighted by Crippen LogP contribution is 2.21. The molecule has 4 rings (SSSR count). The van der Waals surface area contributed by atoms with Crippen LogP contribution in [0.25, 0.3) is 0 Å². The number of carbonyl (C=O) groups excluding carboxylic acids is 2. The Morgan fingerprint density at radius 1 is 1.06 bits per heavy atom. The van der Waals surface area contributed by atoms with Crippen LogP contribution in [0.2, 0.25) is 0 Å². The molecule has 0 bridgehead atoms. The molecule has 2 aliphatic rings. The van der Waals surface area contributed by atoms with E-state index in [1.54, 1.807) is 12.1 Å². The average molecular weight is 457 g/mol. The summed E-state index contributed by atoms with van der Waals surface area (Å²) in [5.41, 5.74) is 3.50. The van der Waals surface area contributed by atoms with E-state index in [4.69, 9.17) is 4.74 Å². The number of Topliss-reactive ketones (excluding diaryl/α,β-unsaturated/α-hetero) is 1. The predicted molar refractivity (Wildman–Crippen MR) is 125 cm³/mol. The summed E-state index contributed by atoms with van der Waals surface area (Å²) < 4.78 is 21.0. The number of nitrogens with zero attached hydrogens (tertiary/aromatic N) is 3. The van der Waals surface area contributed by atoms with Gasteiger partial charge in [-0.2, -0.15) is 0 Å². The van der Waals surface area contributed by atoms with Gasteiger partial charge in [0, 0.05) is 62.0 Å². The summed E-state index contributed by atoms with van der Waals surface area (Å²) in [4.78, 5) is 29.5. The van der Waals surface area contributed by atoms with Crippen molar-refractivity contribution in [2.24, 2.45) is 0 Å². The monoisotopic (exact) mass is 456 g/mol. The number of amides is 1. The number of carbonyl (C=O) groups is 2. The fourth-order valence-corrected chi connectivity index (χ4v) is 4.69. The third-order valence-electron chi connectivity index (χ3n) is 6.61. The molecule has 2 fully saturated rings. The molecule has 3 heterocycles. The van der Waals surface area contributed by atoms with Gasteiger partial charge in [-0.25, -0.2) is 4.39 Å². The van der Waals surface area contributed by atoms with Crippen molar-refractivity contribution in [1.29, 1.82) is 0 Å². The third kappa shape index (κ3) is 6.07. The first-order valence-electron chi connectivity index (χ1n) is 11.7. The first-order chi connectivity index (χ1) is 15.9. The largest absolute Gasteiger partial charge is 0.376 e. The van der Waals surface area contributed by atoms with Crippen LogP contribution in [-0.4, -0.2) is 78.0 Å². The Morgan fingerprint density at radius 3 is 2.36 bits per heavy atom. The second kappa shape index (κ2) is 10.6. The van der Waals surface area contributed by atoms with E-state index in [1.165, 1.54) is 12.1 Å². The Morgan fingerprint density at radius 2 is 1.73 bits per heavy atom. The van der Waals surface area contributed by atoms with Gasteiger partial charge in [0.2, 0.25) is 5.91 Å². The van der Waals surface area contributed by atoms with Gasteiger partial charge in [-0.05, 0) is 57.0 Å². The van der Waals surface area contributed by atoms with E-state index >= 15 is 0 Å². The Kier molecular flexibility index (Phi) is 7.57. The van der Waals surface area contributed by atoms with Gasteiger partial charge in [0.05, 0.1) is 19.2 Å². The molecular formula is C25H33FN4O3. The number of rotatable bonds is 8. The van der Waals surface area contributed by atoms with Crippen molar-refractivity contribution < 1.29 is 18.7 Å². The lowest BCUT2D eigenvalue weighted by Gasteiger charge is -2.33. The highest BCUT2D eigenvalue weighted by molar-refractivity contribution is 5.99. The molecule has 2 aliphatic heterocycles. The van der Waals surface area contributed by atoms with E-state index in [9.17, 15) is 14.0 Å². The van der Waals surface area contributed by atoms with Gasteiger partial charge < -0.3 is 14.6 Å². The van der Waals surface area contributed by atoms with Crippen molar-refractivity contribution in [3.63, 3.8) is 0 Å². The molecule has 1 unspecified atom stereocenters. The number of hydrogen-bond donors (Lipinski definition) is 1. The maximum absolute atomic E-state index is 13.0. The van der Waals surface area contributed by atoms with Crippen LogP contribution >= 0.6 is 0 Å². The maximum atomic E-state index is 13.0. The Labute approximate surface area is 194 Å². The molecule has 0 spiro atoms. The lowest BCUT2D eigenvalue weighted by atomic mass is 10.1. The maximum Gasteiger partial charge on any atom is 0.238 e. The molecule has 1 amide bonds. The van der Waals surface area contributed by atoms with E-state index < -0.39 is 0 Å². The molecule has 1 atom stereocenters. The molecule has 0 aliphatic carbocycles. The lowest BCUT2D eigenvalue weighted by molar-refractivity contribution is -0.117. The minimum absolute atomic E-state index is 0.121. The summed E-state index contributed by atoms with van der Waals surface area (Å²) >= 11 is 0. The number of ketones is 1. The zero-order valence-corrected chi connectivity index (χ0v) is 19.5. The number of aromatic nitrogens is 1. The smallest absolute Gasteiger partial charge is 0.238 e. The number of halogens is 1. The number of benzene rings is 1. The lowest BCUT2D eigenvalue weighted by Crippen LogP contribution is -2.49. The van der Waals surface area contributed by atoms with Crippen LogP contribution < -0.4 is 5.32 Å². The molecule has 33 heavy (non-hydrogen) atoms. The quantitative estimate of drug-likeness (QED) is 0.619. The van der Waals surface area contributed by atoms with Crippen molar-refractivity contribution in [3.8, 4) is 0 Å². The predicted octanol–water partition coefficient (Wildman–Crippen LogP) is 2.86. The highest BCUT2D eigenvalue weighted by atomic mass is 19.1. The topological polar surface area (TPSA) is 66.8 Å². The first-order valence-corrected chi connectivity index (χ1v) is 11.7. The van der Waals surface area contributed by atoms with E-state index in [-0.39, 0.29) is 30.2 Å². The standard InChI is InChI=1S/C25H33FN4O3/c1-18-14-23(19(2)30(18)15-22-4-3-13-33-22)24(31)16-28-9-11-29(12-10-28)17-25(32)27-21-7-5-20(26)6-8-21/h5-8,14,22H,3-4,9-13,15-17H2,1-2H3,(H,27,32). The van der Waals surface area contributed by atoms with E-state index in [0.717, 1.165) is 69.1 Å². The second-order valence-corrected chi connectivity index (χ2v) is 9.06. The molecule has 1 aromatic heterocycles. The Hall–Kier alpha value is -2.55. The molecule has 7 nitrogen and oxygen atoms in total. The molecule has 0 saturated carbocycles. The van der Waals surface area contributed by atoms with E-state index in [0.29, 0.717) is 12.2 Å². The van der Waals surface area contributed by atoms with Crippen LogP contribution in [-0.2, 0) is 16.1 Å². The van der Waals surface area contributed by atoms with Gasteiger partial charge >= 0.3 is 0 Å². The molecular weight excluding hydrogens is 423 g/mol. The summed E-state index contributed by atoms with van der Waals surface area (Å²) in [5.74, 6) is -0.308. The van der Waals surface area contributed by atoms with Gasteiger partial charge in [0.25, 0.3) is 0 Å². The number of hydrogen-bond acceptors (Lipinski definition) is 5. The minimum Gasteiger partial charge on any atom is -0.376 e. The molecule has 178 valence electrons. The molecule has 8 heteroatoms. The van der Waals surface area contributed by atoms with E-state index in [2.05, 4.69) is 26.6 Å². The molecule has 1 aromatic carbocycles. The van der Waals surface area contributed by atoms with Crippen LogP contribution in [0.3, 0.4) is 0 Å². The SMILES string of the molecule is Cc1cc(C(=O)CN2CCN(CC(=O)Nc3ccc(F)cc3)CC2)c(C)n1CC1CCCO1. The number of piperazine rings is 1. The van der Waals surface area contributed by atoms with E-state index in [1.807, 2.05) is 13.0 Å². The van der Waals surface area contributed by atoms with Crippen molar-refractivity contribution in [1.82, 2.24) is 14.4 Å². The van der Waals surface area contributed by atoms with Crippen LogP contribution in [0.4, 0.5) is 10.1 Å². The summed E-state index contributed by atoms with van der Waals surface area (Å²) in [5, 5.41) is 2.79. The molecule has 1 N–H and O–H groups in total. The van der Waals surface area contributed by atoms with Gasteiger partial charge in [0.1, 0.15) is 5.82 Å². The average Bonchev–Trinajstić information content (AvgIpc) is 3.40. The number of anilines is 1. The summed E-state index contributed by atoms with van der Waals surface area (Å²) in [7, 11) is 0. The number of ether oxygens (including phenoxy) is 1. The molecule has 2 aromatic rings. The van der Waals surface area contributed by atoms with Crippen LogP contribution in [0.1, 0.15) is 34.6 Å². The summed E-state index contributed by atoms with van der Waals surface area (Å²) in [6.45, 7) is 9.31. The summed E-state index contributed by atoms with van der Waals surface area (Å²) in [6, 6.07) is 7.75. The van der Waals surface area contributed by atoms with Crippen LogP contribution in [0, 0.1) is 19.7 Å². The van der Waals surface area contributed by atoms with Crippen molar-refractivity contribution >= 4 is 17.4 Å².